The number of methoxy groups -OCH3 is 2. The van der Waals surface area contributed by atoms with Gasteiger partial charge in [-0.3, -0.25) is 4.98 Å². The van der Waals surface area contributed by atoms with Gasteiger partial charge in [0.15, 0.2) is 0 Å². The highest BCUT2D eigenvalue weighted by molar-refractivity contribution is 6.31. The lowest BCUT2D eigenvalue weighted by Crippen LogP contribution is -2.44. The number of rotatable bonds is 8. The van der Waals surface area contributed by atoms with E-state index >= 15 is 0 Å². The van der Waals surface area contributed by atoms with Gasteiger partial charge in [0.25, 0.3) is 0 Å². The molecule has 30 heavy (non-hydrogen) atoms. The Balaban J connectivity index is 0.00000225. The Morgan fingerprint density at radius 3 is 2.47 bits per heavy atom. The molecule has 0 saturated carbocycles. The summed E-state index contributed by atoms with van der Waals surface area (Å²) in [4.78, 5) is 4.39. The highest BCUT2D eigenvalue weighted by Gasteiger charge is 2.18. The van der Waals surface area contributed by atoms with Crippen molar-refractivity contribution in [2.24, 2.45) is 0 Å². The summed E-state index contributed by atoms with van der Waals surface area (Å²) in [6.07, 6.45) is 1.79. The number of anilines is 1. The van der Waals surface area contributed by atoms with E-state index in [0.29, 0.717) is 11.6 Å². The lowest BCUT2D eigenvalue weighted by Gasteiger charge is -2.28. The normalized spacial score (nSPS) is 10.7. The van der Waals surface area contributed by atoms with Crippen LogP contribution in [0.5, 0.6) is 11.5 Å². The van der Waals surface area contributed by atoms with E-state index in [4.69, 9.17) is 21.1 Å². The molecule has 0 radical (unpaired) electrons. The summed E-state index contributed by atoms with van der Waals surface area (Å²) >= 11 is 6.08. The fraction of sp³-hybridized carbons (Fsp3) is 0.318. The summed E-state index contributed by atoms with van der Waals surface area (Å²) in [6, 6.07) is 13.6. The van der Waals surface area contributed by atoms with Gasteiger partial charge >= 0.3 is 0 Å². The van der Waals surface area contributed by atoms with Crippen LogP contribution in [0.4, 0.5) is 5.69 Å². The first kappa shape index (κ1) is 26.1. The first-order valence-corrected chi connectivity index (χ1v) is 9.54. The summed E-state index contributed by atoms with van der Waals surface area (Å²) in [5, 5.41) is 8.87. The smallest absolute Gasteiger partial charge is 0.123 e. The number of nitrogens with zero attached hydrogens (tertiary/aromatic N) is 1. The molecule has 5 nitrogen and oxygen atoms in total. The molecule has 0 atom stereocenters. The number of fused-ring (bicyclic) bond motifs is 1. The van der Waals surface area contributed by atoms with E-state index in [1.54, 1.807) is 20.4 Å². The van der Waals surface area contributed by atoms with Crippen molar-refractivity contribution in [3.63, 3.8) is 0 Å². The van der Waals surface area contributed by atoms with E-state index in [1.807, 2.05) is 42.5 Å². The molecule has 0 aliphatic rings. The fourth-order valence-corrected chi connectivity index (χ4v) is 3.18. The molecule has 3 rings (SSSR count). The average molecular weight is 473 g/mol. The van der Waals surface area contributed by atoms with Gasteiger partial charge in [0.05, 0.1) is 19.7 Å². The first-order chi connectivity index (χ1) is 13.4. The number of halogens is 3. The second-order valence-corrected chi connectivity index (χ2v) is 7.73. The van der Waals surface area contributed by atoms with Crippen LogP contribution in [-0.4, -0.2) is 31.3 Å². The van der Waals surface area contributed by atoms with Crippen molar-refractivity contribution in [3.05, 3.63) is 59.2 Å². The highest BCUT2D eigenvalue weighted by atomic mass is 35.5. The molecule has 0 bridgehead atoms. The molecule has 0 spiro atoms. The molecule has 0 aliphatic heterocycles. The maximum Gasteiger partial charge on any atom is 0.123 e. The van der Waals surface area contributed by atoms with E-state index in [9.17, 15) is 0 Å². The Bertz CT molecular complexity index is 968. The third kappa shape index (κ3) is 6.54. The zero-order valence-corrected chi connectivity index (χ0v) is 19.9. The van der Waals surface area contributed by atoms with Crippen molar-refractivity contribution >= 4 is 53.0 Å². The van der Waals surface area contributed by atoms with E-state index in [2.05, 4.69) is 29.5 Å². The molecule has 0 aliphatic carbocycles. The minimum absolute atomic E-state index is 0. The number of ether oxygens (including phenoxy) is 2. The molecule has 1 heterocycles. The van der Waals surface area contributed by atoms with Crippen LogP contribution in [0.15, 0.2) is 48.7 Å². The largest absolute Gasteiger partial charge is 0.497 e. The van der Waals surface area contributed by atoms with Gasteiger partial charge in [0, 0.05) is 46.5 Å². The maximum absolute atomic E-state index is 6.08. The molecule has 3 aromatic rings. The van der Waals surface area contributed by atoms with E-state index in [-0.39, 0.29) is 30.4 Å². The average Bonchev–Trinajstić information content (AvgIpc) is 2.70. The van der Waals surface area contributed by atoms with Crippen molar-refractivity contribution in [1.82, 2.24) is 10.3 Å². The number of hydrogen-bond donors (Lipinski definition) is 2. The van der Waals surface area contributed by atoms with Crippen LogP contribution in [-0.2, 0) is 6.54 Å². The predicted octanol–water partition coefficient (Wildman–Crippen LogP) is 5.73. The number of nitrogens with one attached hydrogen (secondary N) is 2. The molecule has 2 aromatic carbocycles. The molecule has 164 valence electrons. The molecular formula is C22H28Cl3N3O2. The number of hydrogen-bond acceptors (Lipinski definition) is 5. The quantitative estimate of drug-likeness (QED) is 0.438. The zero-order valence-electron chi connectivity index (χ0n) is 17.5. The molecule has 0 fully saturated rings. The van der Waals surface area contributed by atoms with Crippen LogP contribution < -0.4 is 20.1 Å². The van der Waals surface area contributed by atoms with E-state index in [0.717, 1.165) is 40.2 Å². The Labute approximate surface area is 195 Å². The summed E-state index contributed by atoms with van der Waals surface area (Å²) in [5.74, 6) is 1.66. The van der Waals surface area contributed by atoms with Crippen LogP contribution in [0, 0.1) is 0 Å². The van der Waals surface area contributed by atoms with Crippen LogP contribution in [0.2, 0.25) is 5.02 Å². The second-order valence-electron chi connectivity index (χ2n) is 7.29. The Hall–Kier alpha value is -1.92. The number of benzene rings is 2. The molecule has 0 amide bonds. The van der Waals surface area contributed by atoms with Gasteiger partial charge in [-0.2, -0.15) is 0 Å². The molecule has 0 unspecified atom stereocenters. The third-order valence-electron chi connectivity index (χ3n) is 4.67. The summed E-state index contributed by atoms with van der Waals surface area (Å²) < 4.78 is 10.8. The van der Waals surface area contributed by atoms with E-state index < -0.39 is 0 Å². The second kappa shape index (κ2) is 11.5. The highest BCUT2D eigenvalue weighted by Crippen LogP contribution is 2.26. The van der Waals surface area contributed by atoms with E-state index in [1.165, 1.54) is 0 Å². The lowest BCUT2D eigenvalue weighted by atomic mass is 10.0. The Morgan fingerprint density at radius 2 is 1.77 bits per heavy atom. The van der Waals surface area contributed by atoms with Crippen LogP contribution in [0.25, 0.3) is 10.9 Å². The summed E-state index contributed by atoms with van der Waals surface area (Å²) in [7, 11) is 3.35. The molecule has 2 N–H and O–H groups in total. The minimum Gasteiger partial charge on any atom is -0.497 e. The van der Waals surface area contributed by atoms with Crippen molar-refractivity contribution in [2.75, 3.05) is 26.1 Å². The standard InChI is InChI=1S/C22H26ClN3O2.2ClH/c1-22(2,26-13-15-11-17(27-3)6-8-21(15)28-4)14-25-19-9-10-24-20-12-16(23)5-7-18(19)20;;/h5-12,26H,13-14H2,1-4H3,(H,24,25);2*1H. The number of aromatic nitrogens is 1. The van der Waals surface area contributed by atoms with Gasteiger partial charge in [0.2, 0.25) is 0 Å². The Kier molecular flexibility index (Phi) is 9.98. The monoisotopic (exact) mass is 471 g/mol. The van der Waals surface area contributed by atoms with Crippen molar-refractivity contribution in [3.8, 4) is 11.5 Å². The van der Waals surface area contributed by atoms with Crippen molar-refractivity contribution < 1.29 is 9.47 Å². The first-order valence-electron chi connectivity index (χ1n) is 9.16. The third-order valence-corrected chi connectivity index (χ3v) is 4.91. The van der Waals surface area contributed by atoms with Gasteiger partial charge in [-0.25, -0.2) is 0 Å². The summed E-state index contributed by atoms with van der Waals surface area (Å²) in [5.41, 5.74) is 2.81. The molecule has 0 saturated heterocycles. The topological polar surface area (TPSA) is 55.4 Å². The zero-order chi connectivity index (χ0) is 20.1. The number of pyridine rings is 1. The lowest BCUT2D eigenvalue weighted by molar-refractivity contribution is 0.379. The predicted molar refractivity (Wildman–Crippen MR) is 130 cm³/mol. The van der Waals surface area contributed by atoms with Crippen LogP contribution >= 0.6 is 36.4 Å². The van der Waals surface area contributed by atoms with Gasteiger partial charge in [-0.05, 0) is 56.3 Å². The SMILES string of the molecule is COc1ccc(OC)c(CNC(C)(C)CNc2ccnc3cc(Cl)ccc23)c1.Cl.Cl. The Morgan fingerprint density at radius 1 is 1.00 bits per heavy atom. The van der Waals surface area contributed by atoms with Gasteiger partial charge in [-0.15, -0.1) is 24.8 Å². The maximum atomic E-state index is 6.08. The minimum atomic E-state index is -0.157. The summed E-state index contributed by atoms with van der Waals surface area (Å²) in [6.45, 7) is 5.72. The van der Waals surface area contributed by atoms with Crippen molar-refractivity contribution in [2.45, 2.75) is 25.9 Å². The van der Waals surface area contributed by atoms with Crippen LogP contribution in [0.3, 0.4) is 0 Å². The van der Waals surface area contributed by atoms with Gasteiger partial charge in [0.1, 0.15) is 11.5 Å². The van der Waals surface area contributed by atoms with Gasteiger partial charge < -0.3 is 20.1 Å². The molecular weight excluding hydrogens is 445 g/mol. The van der Waals surface area contributed by atoms with Gasteiger partial charge in [-0.1, -0.05) is 11.6 Å². The molecule has 1 aromatic heterocycles. The van der Waals surface area contributed by atoms with Crippen LogP contribution in [0.1, 0.15) is 19.4 Å². The molecule has 8 heteroatoms. The van der Waals surface area contributed by atoms with Crippen molar-refractivity contribution in [1.29, 1.82) is 0 Å². The fourth-order valence-electron chi connectivity index (χ4n) is 3.01.